The number of anilines is 2. The number of imide groups is 1. The van der Waals surface area contributed by atoms with Gasteiger partial charge >= 0.3 is 12.1 Å². The molecule has 1 heterocycles. The van der Waals surface area contributed by atoms with Crippen LogP contribution in [0, 0.1) is 0 Å². The number of aliphatic hydroxyl groups excluding tert-OH is 1. The normalized spacial score (nSPS) is 14.6. The molecule has 0 radical (unpaired) electrons. The Bertz CT molecular complexity index is 1010. The molecule has 0 fully saturated rings. The number of rotatable bonds is 3. The van der Waals surface area contributed by atoms with Gasteiger partial charge in [0.05, 0.1) is 16.8 Å². The fraction of sp³-hybridized carbons (Fsp3) is 0.105. The second-order valence-electron chi connectivity index (χ2n) is 5.98. The van der Waals surface area contributed by atoms with E-state index in [1.54, 1.807) is 0 Å². The lowest BCUT2D eigenvalue weighted by atomic mass is 10.0. The van der Waals surface area contributed by atoms with Gasteiger partial charge in [0, 0.05) is 12.6 Å². The van der Waals surface area contributed by atoms with Crippen molar-refractivity contribution in [3.8, 4) is 0 Å². The monoisotopic (exact) mass is 390 g/mol. The van der Waals surface area contributed by atoms with Crippen LogP contribution in [0.25, 0.3) is 5.57 Å². The fourth-order valence-corrected chi connectivity index (χ4v) is 2.76. The van der Waals surface area contributed by atoms with E-state index in [9.17, 15) is 32.7 Å². The standard InChI is InChI=1S/C19H13F3N2O4/c1-10(25)23-13-7-5-11(6-8-13)15-16(26)18(28)24(17(15)27)14-4-2-3-12(9-14)19(20,21)22/h2-9,26H,1H3,(H,23,25). The number of amides is 3. The van der Waals surface area contributed by atoms with Crippen molar-refractivity contribution in [3.63, 3.8) is 0 Å². The Labute approximate surface area is 156 Å². The third kappa shape index (κ3) is 3.46. The Morgan fingerprint density at radius 3 is 2.25 bits per heavy atom. The minimum absolute atomic E-state index is 0.180. The van der Waals surface area contributed by atoms with Gasteiger partial charge in [-0.3, -0.25) is 14.4 Å². The average Bonchev–Trinajstić information content (AvgIpc) is 2.84. The molecule has 0 saturated carbocycles. The molecule has 0 unspecified atom stereocenters. The lowest BCUT2D eigenvalue weighted by Crippen LogP contribution is -2.31. The number of carbonyl (C=O) groups excluding carboxylic acids is 3. The maximum atomic E-state index is 12.9. The second-order valence-corrected chi connectivity index (χ2v) is 5.98. The number of hydrogen-bond donors (Lipinski definition) is 2. The van der Waals surface area contributed by atoms with E-state index in [1.807, 2.05) is 0 Å². The summed E-state index contributed by atoms with van der Waals surface area (Å²) in [5.41, 5.74) is -1.06. The predicted octanol–water partition coefficient (Wildman–Crippen LogP) is 3.51. The quantitative estimate of drug-likeness (QED) is 0.786. The van der Waals surface area contributed by atoms with Crippen LogP contribution in [0.5, 0.6) is 0 Å². The van der Waals surface area contributed by atoms with Crippen LogP contribution in [0.4, 0.5) is 24.5 Å². The van der Waals surface area contributed by atoms with Crippen molar-refractivity contribution in [2.75, 3.05) is 10.2 Å². The van der Waals surface area contributed by atoms with Crippen LogP contribution in [0.3, 0.4) is 0 Å². The molecule has 0 aliphatic carbocycles. The average molecular weight is 390 g/mol. The van der Waals surface area contributed by atoms with E-state index < -0.39 is 29.3 Å². The number of nitrogens with zero attached hydrogens (tertiary/aromatic N) is 1. The zero-order chi connectivity index (χ0) is 20.6. The van der Waals surface area contributed by atoms with E-state index in [4.69, 9.17) is 0 Å². The van der Waals surface area contributed by atoms with Crippen molar-refractivity contribution in [2.24, 2.45) is 0 Å². The van der Waals surface area contributed by atoms with E-state index in [-0.39, 0.29) is 22.7 Å². The molecule has 2 N–H and O–H groups in total. The maximum Gasteiger partial charge on any atom is 0.416 e. The summed E-state index contributed by atoms with van der Waals surface area (Å²) < 4.78 is 38.8. The van der Waals surface area contributed by atoms with Crippen LogP contribution in [0.15, 0.2) is 54.3 Å². The summed E-state index contributed by atoms with van der Waals surface area (Å²) in [4.78, 5) is 36.6. The van der Waals surface area contributed by atoms with Gasteiger partial charge in [-0.05, 0) is 35.9 Å². The summed E-state index contributed by atoms with van der Waals surface area (Å²) in [7, 11) is 0. The molecular formula is C19H13F3N2O4. The Balaban J connectivity index is 1.96. The molecule has 0 aromatic heterocycles. The number of carbonyl (C=O) groups is 3. The highest BCUT2D eigenvalue weighted by Gasteiger charge is 2.41. The van der Waals surface area contributed by atoms with Gasteiger partial charge in [0.15, 0.2) is 5.76 Å². The number of nitrogens with one attached hydrogen (secondary N) is 1. The second kappa shape index (κ2) is 6.84. The zero-order valence-electron chi connectivity index (χ0n) is 14.4. The van der Waals surface area contributed by atoms with Gasteiger partial charge in [0.2, 0.25) is 5.91 Å². The number of hydrogen-bond acceptors (Lipinski definition) is 4. The van der Waals surface area contributed by atoms with Crippen molar-refractivity contribution < 1.29 is 32.7 Å². The number of aliphatic hydroxyl groups is 1. The number of halogens is 3. The maximum absolute atomic E-state index is 12.9. The fourth-order valence-electron chi connectivity index (χ4n) is 2.76. The summed E-state index contributed by atoms with van der Waals surface area (Å²) in [5, 5.41) is 12.7. The molecule has 6 nitrogen and oxygen atoms in total. The third-order valence-corrected chi connectivity index (χ3v) is 3.99. The third-order valence-electron chi connectivity index (χ3n) is 3.99. The van der Waals surface area contributed by atoms with Gasteiger partial charge < -0.3 is 10.4 Å². The SMILES string of the molecule is CC(=O)Nc1ccc(C2=C(O)C(=O)N(c3cccc(C(F)(F)F)c3)C2=O)cc1. The topological polar surface area (TPSA) is 86.7 Å². The van der Waals surface area contributed by atoms with Crippen molar-refractivity contribution >= 4 is 34.7 Å². The molecular weight excluding hydrogens is 377 g/mol. The molecule has 1 aliphatic heterocycles. The first-order chi connectivity index (χ1) is 13.1. The molecule has 28 heavy (non-hydrogen) atoms. The molecule has 0 atom stereocenters. The van der Waals surface area contributed by atoms with E-state index in [2.05, 4.69) is 5.32 Å². The molecule has 2 aromatic carbocycles. The van der Waals surface area contributed by atoms with Crippen molar-refractivity contribution in [1.29, 1.82) is 0 Å². The summed E-state index contributed by atoms with van der Waals surface area (Å²) in [6.45, 7) is 1.31. The van der Waals surface area contributed by atoms with E-state index in [0.29, 0.717) is 16.7 Å². The van der Waals surface area contributed by atoms with Crippen molar-refractivity contribution in [2.45, 2.75) is 13.1 Å². The van der Waals surface area contributed by atoms with Crippen LogP contribution >= 0.6 is 0 Å². The minimum Gasteiger partial charge on any atom is -0.502 e. The van der Waals surface area contributed by atoms with E-state index in [1.165, 1.54) is 37.3 Å². The van der Waals surface area contributed by atoms with Gasteiger partial charge in [-0.15, -0.1) is 0 Å². The summed E-state index contributed by atoms with van der Waals surface area (Å²) in [6.07, 6.45) is -4.65. The van der Waals surface area contributed by atoms with Crippen LogP contribution in [0.2, 0.25) is 0 Å². The zero-order valence-corrected chi connectivity index (χ0v) is 14.4. The summed E-state index contributed by atoms with van der Waals surface area (Å²) >= 11 is 0. The smallest absolute Gasteiger partial charge is 0.416 e. The number of alkyl halides is 3. The van der Waals surface area contributed by atoms with Crippen molar-refractivity contribution in [3.05, 3.63) is 65.4 Å². The van der Waals surface area contributed by atoms with Gasteiger partial charge in [-0.2, -0.15) is 13.2 Å². The molecule has 2 aromatic rings. The molecule has 3 amide bonds. The Kier molecular flexibility index (Phi) is 4.68. The molecule has 0 spiro atoms. The van der Waals surface area contributed by atoms with E-state index >= 15 is 0 Å². The minimum atomic E-state index is -4.65. The Morgan fingerprint density at radius 2 is 1.68 bits per heavy atom. The van der Waals surface area contributed by atoms with Gasteiger partial charge in [0.1, 0.15) is 0 Å². The summed E-state index contributed by atoms with van der Waals surface area (Å²) in [6, 6.07) is 9.42. The Morgan fingerprint density at radius 1 is 1.04 bits per heavy atom. The first kappa shape index (κ1) is 19.2. The van der Waals surface area contributed by atoms with Crippen LogP contribution in [-0.4, -0.2) is 22.8 Å². The largest absolute Gasteiger partial charge is 0.502 e. The molecule has 9 heteroatoms. The van der Waals surface area contributed by atoms with Crippen LogP contribution in [0.1, 0.15) is 18.1 Å². The molecule has 144 valence electrons. The summed E-state index contributed by atoms with van der Waals surface area (Å²) in [5.74, 6) is -3.24. The lowest BCUT2D eigenvalue weighted by Gasteiger charge is -2.16. The molecule has 3 rings (SSSR count). The number of benzene rings is 2. The predicted molar refractivity (Wildman–Crippen MR) is 94.2 cm³/mol. The first-order valence-electron chi connectivity index (χ1n) is 7.97. The highest BCUT2D eigenvalue weighted by Crippen LogP contribution is 2.36. The van der Waals surface area contributed by atoms with Gasteiger partial charge in [-0.1, -0.05) is 18.2 Å². The highest BCUT2D eigenvalue weighted by atomic mass is 19.4. The lowest BCUT2D eigenvalue weighted by molar-refractivity contribution is -0.137. The highest BCUT2D eigenvalue weighted by molar-refractivity contribution is 6.44. The van der Waals surface area contributed by atoms with Crippen molar-refractivity contribution in [1.82, 2.24) is 0 Å². The molecule has 0 bridgehead atoms. The van der Waals surface area contributed by atoms with E-state index in [0.717, 1.165) is 12.1 Å². The van der Waals surface area contributed by atoms with Crippen LogP contribution in [-0.2, 0) is 20.6 Å². The van der Waals surface area contributed by atoms with Gasteiger partial charge in [-0.25, -0.2) is 4.90 Å². The molecule has 0 saturated heterocycles. The van der Waals surface area contributed by atoms with Gasteiger partial charge in [0.25, 0.3) is 5.91 Å². The van der Waals surface area contributed by atoms with Crippen LogP contribution < -0.4 is 10.2 Å². The molecule has 1 aliphatic rings. The Hall–Kier alpha value is -3.62. The first-order valence-corrected chi connectivity index (χ1v) is 7.97.